The van der Waals surface area contributed by atoms with Gasteiger partial charge in [-0.2, -0.15) is 0 Å². The predicted molar refractivity (Wildman–Crippen MR) is 92.0 cm³/mol. The van der Waals surface area contributed by atoms with E-state index in [4.69, 9.17) is 16.3 Å². The highest BCUT2D eigenvalue weighted by molar-refractivity contribution is 6.33. The van der Waals surface area contributed by atoms with Crippen LogP contribution in [-0.2, 0) is 4.74 Å². The summed E-state index contributed by atoms with van der Waals surface area (Å²) in [6, 6.07) is 5.21. The Kier molecular flexibility index (Phi) is 5.37. The summed E-state index contributed by atoms with van der Waals surface area (Å²) in [5, 5.41) is -0.0948. The van der Waals surface area contributed by atoms with Crippen LogP contribution < -0.4 is 0 Å². The van der Waals surface area contributed by atoms with Crippen molar-refractivity contribution < 1.29 is 23.5 Å². The van der Waals surface area contributed by atoms with Gasteiger partial charge in [-0.15, -0.1) is 0 Å². The highest BCUT2D eigenvalue weighted by atomic mass is 35.5. The van der Waals surface area contributed by atoms with E-state index in [1.54, 1.807) is 4.90 Å². The van der Waals surface area contributed by atoms with E-state index in [1.807, 2.05) is 0 Å². The number of Topliss-reactive ketones (excluding diaryl/α,β-unsaturated/α-hetero) is 1. The third kappa shape index (κ3) is 3.77. The third-order valence-corrected chi connectivity index (χ3v) is 4.44. The van der Waals surface area contributed by atoms with Crippen molar-refractivity contribution in [2.24, 2.45) is 0 Å². The second-order valence-electron chi connectivity index (χ2n) is 5.90. The number of aromatic amines is 1. The molecule has 0 aliphatic carbocycles. The molecule has 1 aliphatic heterocycles. The SMILES string of the molecule is O=C(COC(=O)c1c(F)cccc1Cl)c1c[nH]c(C(=O)N2CCCC2)c1. The van der Waals surface area contributed by atoms with Crippen molar-refractivity contribution in [1.29, 1.82) is 0 Å². The minimum Gasteiger partial charge on any atom is -0.454 e. The first-order valence-corrected chi connectivity index (χ1v) is 8.47. The smallest absolute Gasteiger partial charge is 0.343 e. The Morgan fingerprint density at radius 1 is 1.23 bits per heavy atom. The summed E-state index contributed by atoms with van der Waals surface area (Å²) >= 11 is 5.78. The first-order valence-electron chi connectivity index (χ1n) is 8.09. The van der Waals surface area contributed by atoms with Gasteiger partial charge in [-0.05, 0) is 31.0 Å². The molecule has 26 heavy (non-hydrogen) atoms. The van der Waals surface area contributed by atoms with Crippen LogP contribution >= 0.6 is 11.6 Å². The van der Waals surface area contributed by atoms with Gasteiger partial charge in [0.15, 0.2) is 6.61 Å². The summed E-state index contributed by atoms with van der Waals surface area (Å²) in [5.41, 5.74) is 0.0969. The number of ether oxygens (including phenoxy) is 1. The quantitative estimate of drug-likeness (QED) is 0.640. The molecule has 1 N–H and O–H groups in total. The number of hydrogen-bond acceptors (Lipinski definition) is 4. The molecule has 0 unspecified atom stereocenters. The third-order valence-electron chi connectivity index (χ3n) is 4.13. The summed E-state index contributed by atoms with van der Waals surface area (Å²) in [7, 11) is 0. The zero-order valence-corrected chi connectivity index (χ0v) is 14.5. The molecule has 1 aliphatic rings. The molecular weight excluding hydrogens is 363 g/mol. The molecule has 0 bridgehead atoms. The minimum absolute atomic E-state index is 0.0948. The molecule has 0 saturated carbocycles. The zero-order chi connectivity index (χ0) is 18.7. The summed E-state index contributed by atoms with van der Waals surface area (Å²) in [6.45, 7) is 0.809. The maximum atomic E-state index is 13.7. The van der Waals surface area contributed by atoms with E-state index >= 15 is 0 Å². The highest BCUT2D eigenvalue weighted by Gasteiger charge is 2.23. The van der Waals surface area contributed by atoms with Crippen LogP contribution in [0.4, 0.5) is 4.39 Å². The van der Waals surface area contributed by atoms with Crippen molar-refractivity contribution in [2.75, 3.05) is 19.7 Å². The number of nitrogens with one attached hydrogen (secondary N) is 1. The Hall–Kier alpha value is -2.67. The number of carbonyl (C=O) groups excluding carboxylic acids is 3. The lowest BCUT2D eigenvalue weighted by atomic mass is 10.2. The largest absolute Gasteiger partial charge is 0.454 e. The molecule has 8 heteroatoms. The molecule has 136 valence electrons. The molecule has 3 rings (SSSR count). The Morgan fingerprint density at radius 3 is 2.65 bits per heavy atom. The van der Waals surface area contributed by atoms with Crippen molar-refractivity contribution in [2.45, 2.75) is 12.8 Å². The number of halogens is 2. The highest BCUT2D eigenvalue weighted by Crippen LogP contribution is 2.20. The minimum atomic E-state index is -1.02. The predicted octanol–water partition coefficient (Wildman–Crippen LogP) is 3.08. The zero-order valence-electron chi connectivity index (χ0n) is 13.8. The molecule has 0 atom stereocenters. The van der Waals surface area contributed by atoms with E-state index in [1.165, 1.54) is 24.4 Å². The molecule has 6 nitrogen and oxygen atoms in total. The molecule has 0 spiro atoms. The van der Waals surface area contributed by atoms with E-state index in [0.717, 1.165) is 18.9 Å². The number of nitrogens with zero attached hydrogens (tertiary/aromatic N) is 1. The Labute approximate surface area is 153 Å². The van der Waals surface area contributed by atoms with Gasteiger partial charge in [-0.1, -0.05) is 17.7 Å². The maximum Gasteiger partial charge on any atom is 0.343 e. The molecule has 1 amide bonds. The molecule has 0 radical (unpaired) electrons. The molecule has 1 fully saturated rings. The van der Waals surface area contributed by atoms with Gasteiger partial charge in [0.2, 0.25) is 5.78 Å². The molecule has 1 aromatic carbocycles. The molecule has 2 aromatic rings. The Bertz CT molecular complexity index is 838. The summed E-state index contributed by atoms with van der Waals surface area (Å²) in [5.74, 6) is -2.53. The van der Waals surface area contributed by atoms with E-state index < -0.39 is 29.7 Å². The van der Waals surface area contributed by atoms with Gasteiger partial charge in [0.05, 0.1) is 5.02 Å². The molecule has 1 aromatic heterocycles. The number of amides is 1. The lowest BCUT2D eigenvalue weighted by Crippen LogP contribution is -2.27. The number of rotatable bonds is 5. The van der Waals surface area contributed by atoms with Crippen LogP contribution in [0.3, 0.4) is 0 Å². The fraction of sp³-hybridized carbons (Fsp3) is 0.278. The van der Waals surface area contributed by atoms with Gasteiger partial charge < -0.3 is 14.6 Å². The van der Waals surface area contributed by atoms with Crippen LogP contribution in [0.1, 0.15) is 44.0 Å². The van der Waals surface area contributed by atoms with E-state index in [0.29, 0.717) is 18.8 Å². The van der Waals surface area contributed by atoms with E-state index in [-0.39, 0.29) is 16.5 Å². The second-order valence-corrected chi connectivity index (χ2v) is 6.30. The number of hydrogen-bond donors (Lipinski definition) is 1. The lowest BCUT2D eigenvalue weighted by Gasteiger charge is -2.13. The number of H-pyrrole nitrogens is 1. The van der Waals surface area contributed by atoms with E-state index in [2.05, 4.69) is 4.98 Å². The van der Waals surface area contributed by atoms with Crippen LogP contribution in [0.25, 0.3) is 0 Å². The Balaban J connectivity index is 1.62. The van der Waals surface area contributed by atoms with E-state index in [9.17, 15) is 18.8 Å². The average Bonchev–Trinajstić information content (AvgIpc) is 3.30. The second kappa shape index (κ2) is 7.70. The van der Waals surface area contributed by atoms with Gasteiger partial charge >= 0.3 is 5.97 Å². The maximum absolute atomic E-state index is 13.7. The number of esters is 1. The van der Waals surface area contributed by atoms with Gasteiger partial charge in [-0.25, -0.2) is 9.18 Å². The van der Waals surface area contributed by atoms with Crippen LogP contribution in [0, 0.1) is 5.82 Å². The molecule has 1 saturated heterocycles. The molecular formula is C18H16ClFN2O4. The number of aromatic nitrogens is 1. The summed E-state index contributed by atoms with van der Waals surface area (Å²) < 4.78 is 18.5. The number of ketones is 1. The van der Waals surface area contributed by atoms with Crippen LogP contribution in [0.5, 0.6) is 0 Å². The molecule has 2 heterocycles. The Morgan fingerprint density at radius 2 is 1.96 bits per heavy atom. The van der Waals surface area contributed by atoms with Gasteiger partial charge in [0.25, 0.3) is 5.91 Å². The van der Waals surface area contributed by atoms with Crippen molar-refractivity contribution >= 4 is 29.3 Å². The normalized spacial score (nSPS) is 13.7. The average molecular weight is 379 g/mol. The first-order chi connectivity index (χ1) is 12.5. The van der Waals surface area contributed by atoms with Crippen molar-refractivity contribution in [3.8, 4) is 0 Å². The number of benzene rings is 1. The summed E-state index contributed by atoms with van der Waals surface area (Å²) in [4.78, 5) is 40.8. The van der Waals surface area contributed by atoms with Crippen molar-refractivity contribution in [1.82, 2.24) is 9.88 Å². The van der Waals surface area contributed by atoms with Gasteiger partial charge in [-0.3, -0.25) is 9.59 Å². The van der Waals surface area contributed by atoms with Gasteiger partial charge in [0, 0.05) is 24.8 Å². The van der Waals surface area contributed by atoms with Crippen molar-refractivity contribution in [3.05, 3.63) is 58.1 Å². The number of carbonyl (C=O) groups is 3. The van der Waals surface area contributed by atoms with Crippen LogP contribution in [-0.4, -0.2) is 47.2 Å². The topological polar surface area (TPSA) is 79.5 Å². The summed E-state index contributed by atoms with van der Waals surface area (Å²) in [6.07, 6.45) is 3.31. The van der Waals surface area contributed by atoms with Gasteiger partial charge in [0.1, 0.15) is 17.1 Å². The van der Waals surface area contributed by atoms with Crippen LogP contribution in [0.15, 0.2) is 30.5 Å². The van der Waals surface area contributed by atoms with Crippen molar-refractivity contribution in [3.63, 3.8) is 0 Å². The first kappa shape index (κ1) is 18.1. The lowest BCUT2D eigenvalue weighted by molar-refractivity contribution is 0.0470. The fourth-order valence-electron chi connectivity index (χ4n) is 2.75. The number of likely N-dealkylation sites (tertiary alicyclic amines) is 1. The monoisotopic (exact) mass is 378 g/mol. The standard InChI is InChI=1S/C18H16ClFN2O4/c19-12-4-3-5-13(20)16(12)18(25)26-10-15(23)11-8-14(21-9-11)17(24)22-6-1-2-7-22/h3-5,8-9,21H,1-2,6-7,10H2. The fourth-order valence-corrected chi connectivity index (χ4v) is 2.99. The van der Waals surface area contributed by atoms with Crippen LogP contribution in [0.2, 0.25) is 5.02 Å².